The average molecular weight is 397 g/mol. The summed E-state index contributed by atoms with van der Waals surface area (Å²) >= 11 is 0. The lowest BCUT2D eigenvalue weighted by Gasteiger charge is -2.19. The van der Waals surface area contributed by atoms with Crippen molar-refractivity contribution in [2.24, 2.45) is 7.05 Å². The molecule has 4 N–H and O–H groups in total. The van der Waals surface area contributed by atoms with Gasteiger partial charge in [0.25, 0.3) is 5.56 Å². The van der Waals surface area contributed by atoms with Crippen LogP contribution in [0.4, 0.5) is 10.5 Å². The molecule has 0 saturated carbocycles. The molecule has 10 nitrogen and oxygen atoms in total. The molecule has 150 valence electrons. The number of aromatic hydroxyl groups is 1. The van der Waals surface area contributed by atoms with E-state index in [1.165, 1.54) is 23.9 Å². The number of nitrogens with one attached hydrogen (secondary N) is 2. The van der Waals surface area contributed by atoms with Gasteiger partial charge in [-0.1, -0.05) is 12.1 Å². The van der Waals surface area contributed by atoms with E-state index >= 15 is 0 Å². The van der Waals surface area contributed by atoms with Crippen LogP contribution in [0.3, 0.4) is 0 Å². The van der Waals surface area contributed by atoms with Crippen molar-refractivity contribution in [3.63, 3.8) is 0 Å². The molecule has 3 rings (SSSR count). The number of hydrogen-bond donors (Lipinski definition) is 4. The Bertz CT molecular complexity index is 1090. The summed E-state index contributed by atoms with van der Waals surface area (Å²) in [6, 6.07) is 8.22. The first-order valence-electron chi connectivity index (χ1n) is 8.63. The lowest BCUT2D eigenvalue weighted by molar-refractivity contribution is -0.137. The molecule has 0 radical (unpaired) electrons. The zero-order valence-electron chi connectivity index (χ0n) is 15.4. The first-order valence-corrected chi connectivity index (χ1v) is 8.63. The Balaban J connectivity index is 1.84. The van der Waals surface area contributed by atoms with Gasteiger partial charge in [0, 0.05) is 25.6 Å². The average Bonchev–Trinajstić information content (AvgIpc) is 3.22. The molecule has 0 aliphatic rings. The fraction of sp³-hybridized carbons (Fsp3) is 0.158. The molecule has 10 heteroatoms. The molecule has 1 atom stereocenters. The highest BCUT2D eigenvalue weighted by molar-refractivity contribution is 5.91. The van der Waals surface area contributed by atoms with Gasteiger partial charge >= 0.3 is 12.0 Å². The van der Waals surface area contributed by atoms with Gasteiger partial charge in [-0.2, -0.15) is 5.10 Å². The van der Waals surface area contributed by atoms with Crippen LogP contribution in [0.5, 0.6) is 5.75 Å². The van der Waals surface area contributed by atoms with Gasteiger partial charge in [0.15, 0.2) is 5.69 Å². The van der Waals surface area contributed by atoms with Crippen molar-refractivity contribution in [2.45, 2.75) is 12.5 Å². The van der Waals surface area contributed by atoms with Gasteiger partial charge in [-0.25, -0.2) is 9.48 Å². The highest BCUT2D eigenvalue weighted by Gasteiger charge is 2.20. The van der Waals surface area contributed by atoms with Crippen LogP contribution >= 0.6 is 0 Å². The van der Waals surface area contributed by atoms with Crippen LogP contribution in [0.2, 0.25) is 0 Å². The van der Waals surface area contributed by atoms with Crippen molar-refractivity contribution in [1.29, 1.82) is 0 Å². The van der Waals surface area contributed by atoms with Gasteiger partial charge < -0.3 is 25.4 Å². The molecule has 2 aromatic heterocycles. The molecule has 29 heavy (non-hydrogen) atoms. The van der Waals surface area contributed by atoms with Crippen molar-refractivity contribution in [3.05, 3.63) is 70.9 Å². The van der Waals surface area contributed by atoms with Gasteiger partial charge in [0.05, 0.1) is 18.2 Å². The predicted octanol–water partition coefficient (Wildman–Crippen LogP) is 1.61. The maximum Gasteiger partial charge on any atom is 0.319 e. The number of aliphatic carboxylic acids is 1. The predicted molar refractivity (Wildman–Crippen MR) is 104 cm³/mol. The Hall–Kier alpha value is -4.08. The first-order chi connectivity index (χ1) is 13.8. The SMILES string of the molecule is Cn1ccc(O)c(NC(=O)NC(CC(=O)O)c2cccc(-n3cccn3)c2)c1=O. The Kier molecular flexibility index (Phi) is 5.63. The topological polar surface area (TPSA) is 138 Å². The number of aryl methyl sites for hydroxylation is 1. The normalized spacial score (nSPS) is 11.6. The smallest absolute Gasteiger partial charge is 0.319 e. The Labute approximate surface area is 165 Å². The van der Waals surface area contributed by atoms with Crippen LogP contribution in [0.1, 0.15) is 18.0 Å². The van der Waals surface area contributed by atoms with E-state index in [4.69, 9.17) is 0 Å². The van der Waals surface area contributed by atoms with E-state index in [0.29, 0.717) is 11.3 Å². The van der Waals surface area contributed by atoms with Gasteiger partial charge in [-0.3, -0.25) is 9.59 Å². The first kappa shape index (κ1) is 19.7. The van der Waals surface area contributed by atoms with Gasteiger partial charge in [0.2, 0.25) is 0 Å². The molecular formula is C19H19N5O5. The fourth-order valence-corrected chi connectivity index (χ4v) is 2.78. The number of carbonyl (C=O) groups excluding carboxylic acids is 1. The largest absolute Gasteiger partial charge is 0.505 e. The van der Waals surface area contributed by atoms with E-state index in [1.807, 2.05) is 0 Å². The number of hydrogen-bond acceptors (Lipinski definition) is 5. The van der Waals surface area contributed by atoms with Crippen molar-refractivity contribution >= 4 is 17.7 Å². The second kappa shape index (κ2) is 8.30. The second-order valence-corrected chi connectivity index (χ2v) is 6.29. The number of benzene rings is 1. The molecule has 0 bridgehead atoms. The summed E-state index contributed by atoms with van der Waals surface area (Å²) in [4.78, 5) is 35.8. The number of anilines is 1. The van der Waals surface area contributed by atoms with Crippen molar-refractivity contribution in [3.8, 4) is 11.4 Å². The maximum atomic E-state index is 12.4. The summed E-state index contributed by atoms with van der Waals surface area (Å²) in [5, 5.41) is 28.0. The number of urea groups is 1. The Morgan fingerprint density at radius 3 is 2.69 bits per heavy atom. The minimum Gasteiger partial charge on any atom is -0.505 e. The standard InChI is InChI=1S/C19H19N5O5/c1-23-9-6-15(25)17(18(23)28)22-19(29)21-14(11-16(26)27)12-4-2-5-13(10-12)24-8-3-7-20-24/h2-10,14,25H,11H2,1H3,(H,26,27)(H2,21,22,29). The summed E-state index contributed by atoms with van der Waals surface area (Å²) in [5.41, 5.74) is 0.336. The van der Waals surface area contributed by atoms with Crippen LogP contribution in [0.15, 0.2) is 59.8 Å². The van der Waals surface area contributed by atoms with Crippen molar-refractivity contribution in [2.75, 3.05) is 5.32 Å². The van der Waals surface area contributed by atoms with E-state index in [2.05, 4.69) is 15.7 Å². The monoisotopic (exact) mass is 397 g/mol. The van der Waals surface area contributed by atoms with E-state index in [-0.39, 0.29) is 12.1 Å². The van der Waals surface area contributed by atoms with E-state index in [0.717, 1.165) is 0 Å². The molecular weight excluding hydrogens is 378 g/mol. The number of amides is 2. The van der Waals surface area contributed by atoms with Crippen LogP contribution in [-0.4, -0.2) is 36.6 Å². The molecule has 0 fully saturated rings. The maximum absolute atomic E-state index is 12.4. The quantitative estimate of drug-likeness (QED) is 0.498. The molecule has 0 aliphatic heterocycles. The molecule has 1 unspecified atom stereocenters. The number of pyridine rings is 1. The third kappa shape index (κ3) is 4.61. The van der Waals surface area contributed by atoms with Crippen molar-refractivity contribution < 1.29 is 19.8 Å². The van der Waals surface area contributed by atoms with Crippen molar-refractivity contribution in [1.82, 2.24) is 19.7 Å². The Morgan fingerprint density at radius 2 is 2.00 bits per heavy atom. The highest BCUT2D eigenvalue weighted by Crippen LogP contribution is 2.21. The van der Waals surface area contributed by atoms with Gasteiger partial charge in [-0.15, -0.1) is 0 Å². The molecule has 2 amide bonds. The van der Waals surface area contributed by atoms with E-state index < -0.39 is 29.4 Å². The van der Waals surface area contributed by atoms with Gasteiger partial charge in [-0.05, 0) is 29.8 Å². The third-order valence-electron chi connectivity index (χ3n) is 4.21. The van der Waals surface area contributed by atoms with Crippen LogP contribution in [-0.2, 0) is 11.8 Å². The summed E-state index contributed by atoms with van der Waals surface area (Å²) in [6.07, 6.45) is 4.32. The highest BCUT2D eigenvalue weighted by atomic mass is 16.4. The minimum atomic E-state index is -1.11. The number of carboxylic acid groups (broad SMARTS) is 1. The minimum absolute atomic E-state index is 0.299. The fourth-order valence-electron chi connectivity index (χ4n) is 2.78. The molecule has 0 spiro atoms. The summed E-state index contributed by atoms with van der Waals surface area (Å²) in [6.45, 7) is 0. The lowest BCUT2D eigenvalue weighted by Crippen LogP contribution is -2.36. The second-order valence-electron chi connectivity index (χ2n) is 6.29. The molecule has 3 aromatic rings. The van der Waals surface area contributed by atoms with E-state index in [9.17, 15) is 24.6 Å². The number of rotatable bonds is 6. The number of carbonyl (C=O) groups is 2. The van der Waals surface area contributed by atoms with Crippen LogP contribution in [0, 0.1) is 0 Å². The van der Waals surface area contributed by atoms with Crippen LogP contribution < -0.4 is 16.2 Å². The number of carboxylic acids is 1. The van der Waals surface area contributed by atoms with Crippen LogP contribution in [0.25, 0.3) is 5.69 Å². The summed E-state index contributed by atoms with van der Waals surface area (Å²) < 4.78 is 2.80. The molecule has 1 aromatic carbocycles. The third-order valence-corrected chi connectivity index (χ3v) is 4.21. The number of nitrogens with zero attached hydrogens (tertiary/aromatic N) is 3. The summed E-state index contributed by atoms with van der Waals surface area (Å²) in [7, 11) is 1.47. The van der Waals surface area contributed by atoms with Gasteiger partial charge in [0.1, 0.15) is 5.75 Å². The summed E-state index contributed by atoms with van der Waals surface area (Å²) in [5.74, 6) is -1.50. The number of aromatic nitrogens is 3. The lowest BCUT2D eigenvalue weighted by atomic mass is 10.0. The zero-order valence-corrected chi connectivity index (χ0v) is 15.4. The van der Waals surface area contributed by atoms with E-state index in [1.54, 1.807) is 47.4 Å². The molecule has 0 saturated heterocycles. The Morgan fingerprint density at radius 1 is 1.21 bits per heavy atom. The molecule has 0 aliphatic carbocycles. The zero-order chi connectivity index (χ0) is 21.0. The molecule has 2 heterocycles.